The van der Waals surface area contributed by atoms with Crippen molar-refractivity contribution in [3.8, 4) is 5.75 Å². The number of nitrogens with one attached hydrogen (secondary N) is 1. The first kappa shape index (κ1) is 14.8. The van der Waals surface area contributed by atoms with Crippen molar-refractivity contribution in [1.82, 2.24) is 10.4 Å². The number of nitrogens with zero attached hydrogens (tertiary/aromatic N) is 2. The third-order valence-electron chi connectivity index (χ3n) is 2.94. The Labute approximate surface area is 123 Å². The van der Waals surface area contributed by atoms with Crippen LogP contribution in [-0.4, -0.2) is 25.0 Å². The van der Waals surface area contributed by atoms with Crippen LogP contribution < -0.4 is 20.9 Å². The highest BCUT2D eigenvalue weighted by atomic mass is 16.5. The molecule has 110 valence electrons. The predicted molar refractivity (Wildman–Crippen MR) is 81.0 cm³/mol. The minimum atomic E-state index is -0.367. The van der Waals surface area contributed by atoms with E-state index in [9.17, 15) is 4.79 Å². The highest BCUT2D eigenvalue weighted by molar-refractivity contribution is 5.93. The van der Waals surface area contributed by atoms with Gasteiger partial charge in [-0.3, -0.25) is 15.2 Å². The van der Waals surface area contributed by atoms with Crippen LogP contribution in [0.25, 0.3) is 0 Å². The van der Waals surface area contributed by atoms with Gasteiger partial charge in [-0.25, -0.2) is 5.84 Å². The highest BCUT2D eigenvalue weighted by Crippen LogP contribution is 2.20. The summed E-state index contributed by atoms with van der Waals surface area (Å²) in [6, 6.07) is 11.2. The van der Waals surface area contributed by atoms with Crippen molar-refractivity contribution in [1.29, 1.82) is 0 Å². The average molecular weight is 286 g/mol. The standard InChI is InChI=1S/C15H18N4O2/c1-19(2)13-4-3-5-14(8-13)21-10-12-7-6-11(9-17-12)15(20)18-16/h3-9H,10,16H2,1-2H3,(H,18,20). The number of hydrogen-bond acceptors (Lipinski definition) is 5. The average Bonchev–Trinajstić information content (AvgIpc) is 2.53. The Balaban J connectivity index is 2.00. The normalized spacial score (nSPS) is 10.0. The molecule has 0 saturated heterocycles. The van der Waals surface area contributed by atoms with Crippen LogP contribution in [0.4, 0.5) is 5.69 Å². The number of hydrogen-bond donors (Lipinski definition) is 2. The summed E-state index contributed by atoms with van der Waals surface area (Å²) in [7, 11) is 3.95. The van der Waals surface area contributed by atoms with Crippen LogP contribution in [0.1, 0.15) is 16.1 Å². The number of carbonyl (C=O) groups excluding carboxylic acids is 1. The second-order valence-corrected chi connectivity index (χ2v) is 4.69. The molecule has 0 spiro atoms. The quantitative estimate of drug-likeness (QED) is 0.492. The number of aromatic nitrogens is 1. The highest BCUT2D eigenvalue weighted by Gasteiger charge is 2.04. The van der Waals surface area contributed by atoms with Crippen LogP contribution in [0.15, 0.2) is 42.6 Å². The van der Waals surface area contributed by atoms with Gasteiger partial charge in [0.1, 0.15) is 12.4 Å². The molecule has 6 heteroatoms. The van der Waals surface area contributed by atoms with Crippen molar-refractivity contribution < 1.29 is 9.53 Å². The monoisotopic (exact) mass is 286 g/mol. The molecular weight excluding hydrogens is 268 g/mol. The van der Waals surface area contributed by atoms with Gasteiger partial charge in [-0.15, -0.1) is 0 Å². The lowest BCUT2D eigenvalue weighted by molar-refractivity contribution is 0.0953. The molecule has 0 saturated carbocycles. The Bertz CT molecular complexity index is 611. The van der Waals surface area contributed by atoms with Gasteiger partial charge in [0.25, 0.3) is 5.91 Å². The smallest absolute Gasteiger partial charge is 0.266 e. The fraction of sp³-hybridized carbons (Fsp3) is 0.200. The van der Waals surface area contributed by atoms with Crippen molar-refractivity contribution >= 4 is 11.6 Å². The second-order valence-electron chi connectivity index (χ2n) is 4.69. The Morgan fingerprint density at radius 2 is 2.14 bits per heavy atom. The maximum atomic E-state index is 11.3. The summed E-state index contributed by atoms with van der Waals surface area (Å²) in [6.45, 7) is 0.335. The number of nitrogens with two attached hydrogens (primary N) is 1. The number of amides is 1. The Kier molecular flexibility index (Phi) is 4.73. The summed E-state index contributed by atoms with van der Waals surface area (Å²) in [6.07, 6.45) is 1.47. The molecule has 6 nitrogen and oxygen atoms in total. The lowest BCUT2D eigenvalue weighted by atomic mass is 10.2. The van der Waals surface area contributed by atoms with Crippen molar-refractivity contribution in [2.45, 2.75) is 6.61 Å². The van der Waals surface area contributed by atoms with Gasteiger partial charge in [0.15, 0.2) is 0 Å². The molecule has 1 heterocycles. The molecule has 0 aliphatic heterocycles. The molecular formula is C15H18N4O2. The molecule has 0 aliphatic carbocycles. The third-order valence-corrected chi connectivity index (χ3v) is 2.94. The third kappa shape index (κ3) is 3.93. The zero-order chi connectivity index (χ0) is 15.2. The van der Waals surface area contributed by atoms with Gasteiger partial charge in [-0.2, -0.15) is 0 Å². The molecule has 2 rings (SSSR count). The molecule has 1 amide bonds. The summed E-state index contributed by atoms with van der Waals surface area (Å²) in [5, 5.41) is 0. The van der Waals surface area contributed by atoms with Gasteiger partial charge in [0.05, 0.1) is 11.3 Å². The molecule has 0 radical (unpaired) electrons. The van der Waals surface area contributed by atoms with E-state index >= 15 is 0 Å². The Hall–Kier alpha value is -2.60. The van der Waals surface area contributed by atoms with Gasteiger partial charge in [0, 0.05) is 32.0 Å². The van der Waals surface area contributed by atoms with Crippen LogP contribution in [0.3, 0.4) is 0 Å². The first-order valence-corrected chi connectivity index (χ1v) is 6.46. The Morgan fingerprint density at radius 1 is 1.33 bits per heavy atom. The fourth-order valence-electron chi connectivity index (χ4n) is 1.74. The molecule has 0 atom stereocenters. The van der Waals surface area contributed by atoms with E-state index in [4.69, 9.17) is 10.6 Å². The number of pyridine rings is 1. The molecule has 0 unspecified atom stereocenters. The molecule has 1 aromatic carbocycles. The van der Waals surface area contributed by atoms with Gasteiger partial charge < -0.3 is 9.64 Å². The van der Waals surface area contributed by atoms with Crippen molar-refractivity contribution in [3.63, 3.8) is 0 Å². The first-order valence-electron chi connectivity index (χ1n) is 6.46. The number of hydrazine groups is 1. The molecule has 0 fully saturated rings. The predicted octanol–water partition coefficient (Wildman–Crippen LogP) is 1.33. The summed E-state index contributed by atoms with van der Waals surface area (Å²) in [4.78, 5) is 17.5. The number of nitrogen functional groups attached to an aromatic ring is 1. The molecule has 21 heavy (non-hydrogen) atoms. The van der Waals surface area contributed by atoms with Crippen LogP contribution in [0.2, 0.25) is 0 Å². The van der Waals surface area contributed by atoms with Crippen molar-refractivity contribution in [2.75, 3.05) is 19.0 Å². The van der Waals surface area contributed by atoms with Gasteiger partial charge >= 0.3 is 0 Å². The molecule has 0 bridgehead atoms. The van der Waals surface area contributed by atoms with E-state index in [1.54, 1.807) is 12.1 Å². The van der Waals surface area contributed by atoms with Crippen LogP contribution >= 0.6 is 0 Å². The topological polar surface area (TPSA) is 80.5 Å². The number of carbonyl (C=O) groups is 1. The second kappa shape index (κ2) is 6.71. The van der Waals surface area contributed by atoms with Gasteiger partial charge in [-0.1, -0.05) is 6.07 Å². The van der Waals surface area contributed by atoms with Crippen molar-refractivity contribution in [3.05, 3.63) is 53.9 Å². The zero-order valence-electron chi connectivity index (χ0n) is 12.0. The summed E-state index contributed by atoms with van der Waals surface area (Å²) >= 11 is 0. The SMILES string of the molecule is CN(C)c1cccc(OCc2ccc(C(=O)NN)cn2)c1. The van der Waals surface area contributed by atoms with Crippen LogP contribution in [-0.2, 0) is 6.61 Å². The van der Waals surface area contributed by atoms with E-state index in [2.05, 4.69) is 10.4 Å². The number of anilines is 1. The van der Waals surface area contributed by atoms with E-state index in [0.29, 0.717) is 12.2 Å². The molecule has 1 aromatic heterocycles. The zero-order valence-corrected chi connectivity index (χ0v) is 12.0. The van der Waals surface area contributed by atoms with E-state index in [-0.39, 0.29) is 5.91 Å². The number of benzene rings is 1. The Morgan fingerprint density at radius 3 is 2.76 bits per heavy atom. The van der Waals surface area contributed by atoms with E-state index in [0.717, 1.165) is 17.1 Å². The summed E-state index contributed by atoms with van der Waals surface area (Å²) in [5.41, 5.74) is 4.27. The fourth-order valence-corrected chi connectivity index (χ4v) is 1.74. The maximum Gasteiger partial charge on any atom is 0.266 e. The molecule has 2 aromatic rings. The molecule has 0 aliphatic rings. The summed E-state index contributed by atoms with van der Waals surface area (Å²) < 4.78 is 5.70. The van der Waals surface area contributed by atoms with Gasteiger partial charge in [-0.05, 0) is 24.3 Å². The van der Waals surface area contributed by atoms with Crippen LogP contribution in [0.5, 0.6) is 5.75 Å². The number of ether oxygens (including phenoxy) is 1. The van der Waals surface area contributed by atoms with Gasteiger partial charge in [0.2, 0.25) is 0 Å². The minimum Gasteiger partial charge on any atom is -0.487 e. The lowest BCUT2D eigenvalue weighted by Gasteiger charge is -2.14. The van der Waals surface area contributed by atoms with E-state index < -0.39 is 0 Å². The van der Waals surface area contributed by atoms with E-state index in [1.165, 1.54) is 6.20 Å². The number of rotatable bonds is 5. The van der Waals surface area contributed by atoms with Crippen LogP contribution in [0, 0.1) is 0 Å². The van der Waals surface area contributed by atoms with E-state index in [1.807, 2.05) is 43.3 Å². The molecule has 3 N–H and O–H groups in total. The largest absolute Gasteiger partial charge is 0.487 e. The lowest BCUT2D eigenvalue weighted by Crippen LogP contribution is -2.30. The maximum absolute atomic E-state index is 11.3. The first-order chi connectivity index (χ1) is 10.1. The summed E-state index contributed by atoms with van der Waals surface area (Å²) in [5.74, 6) is 5.46. The van der Waals surface area contributed by atoms with Crippen molar-refractivity contribution in [2.24, 2.45) is 5.84 Å². The minimum absolute atomic E-state index is 0.335.